The topological polar surface area (TPSA) is 55.5 Å². The monoisotopic (exact) mass is 147 g/mol. The standard InChI is InChI=1S/C7H17NO2/c1-2-4-7(9)10-6-3-5-8/h7,9H,2-6,8H2,1H3. The minimum atomic E-state index is -0.587. The van der Waals surface area contributed by atoms with E-state index in [0.717, 1.165) is 12.8 Å². The van der Waals surface area contributed by atoms with Crippen molar-refractivity contribution in [3.8, 4) is 0 Å². The van der Waals surface area contributed by atoms with E-state index in [1.54, 1.807) is 0 Å². The van der Waals surface area contributed by atoms with Gasteiger partial charge in [0.1, 0.15) is 0 Å². The second-order valence-electron chi connectivity index (χ2n) is 2.26. The van der Waals surface area contributed by atoms with Gasteiger partial charge >= 0.3 is 0 Å². The summed E-state index contributed by atoms with van der Waals surface area (Å²) in [5.74, 6) is 0. The highest BCUT2D eigenvalue weighted by molar-refractivity contribution is 4.41. The van der Waals surface area contributed by atoms with E-state index >= 15 is 0 Å². The van der Waals surface area contributed by atoms with Gasteiger partial charge in [-0.15, -0.1) is 0 Å². The third kappa shape index (κ3) is 6.01. The second-order valence-corrected chi connectivity index (χ2v) is 2.26. The van der Waals surface area contributed by atoms with Gasteiger partial charge in [0.2, 0.25) is 0 Å². The van der Waals surface area contributed by atoms with Gasteiger partial charge in [0.05, 0.1) is 6.61 Å². The van der Waals surface area contributed by atoms with Gasteiger partial charge in [-0.3, -0.25) is 0 Å². The molecular weight excluding hydrogens is 130 g/mol. The average Bonchev–Trinajstić information content (AvgIpc) is 1.89. The third-order valence-corrected chi connectivity index (χ3v) is 1.19. The maximum Gasteiger partial charge on any atom is 0.154 e. The van der Waals surface area contributed by atoms with Gasteiger partial charge in [-0.25, -0.2) is 0 Å². The molecule has 0 radical (unpaired) electrons. The highest BCUT2D eigenvalue weighted by Crippen LogP contribution is 1.97. The molecule has 0 rings (SSSR count). The lowest BCUT2D eigenvalue weighted by Gasteiger charge is -2.09. The number of aliphatic hydroxyl groups excluding tert-OH is 1. The fourth-order valence-corrected chi connectivity index (χ4v) is 0.633. The summed E-state index contributed by atoms with van der Waals surface area (Å²) in [6, 6.07) is 0. The summed E-state index contributed by atoms with van der Waals surface area (Å²) < 4.78 is 5.00. The van der Waals surface area contributed by atoms with E-state index in [2.05, 4.69) is 0 Å². The summed E-state index contributed by atoms with van der Waals surface area (Å²) in [5.41, 5.74) is 5.23. The molecule has 1 atom stereocenters. The molecule has 3 N–H and O–H groups in total. The first-order valence-corrected chi connectivity index (χ1v) is 3.81. The van der Waals surface area contributed by atoms with E-state index in [0.29, 0.717) is 19.6 Å². The molecular formula is C7H17NO2. The molecule has 0 saturated carbocycles. The van der Waals surface area contributed by atoms with E-state index in [4.69, 9.17) is 15.6 Å². The van der Waals surface area contributed by atoms with Crippen LogP contribution in [0.5, 0.6) is 0 Å². The molecule has 0 aliphatic carbocycles. The molecule has 0 aromatic rings. The van der Waals surface area contributed by atoms with E-state index in [9.17, 15) is 0 Å². The average molecular weight is 147 g/mol. The van der Waals surface area contributed by atoms with Gasteiger partial charge in [-0.1, -0.05) is 13.3 Å². The Morgan fingerprint density at radius 1 is 1.60 bits per heavy atom. The van der Waals surface area contributed by atoms with Crippen LogP contribution in [0.1, 0.15) is 26.2 Å². The van der Waals surface area contributed by atoms with Crippen LogP contribution in [-0.2, 0) is 4.74 Å². The summed E-state index contributed by atoms with van der Waals surface area (Å²) in [5, 5.41) is 9.01. The Morgan fingerprint density at radius 2 is 2.30 bits per heavy atom. The van der Waals surface area contributed by atoms with Gasteiger partial charge < -0.3 is 15.6 Å². The maximum absolute atomic E-state index is 9.01. The second kappa shape index (κ2) is 6.99. The lowest BCUT2D eigenvalue weighted by Crippen LogP contribution is -2.14. The molecule has 62 valence electrons. The summed E-state index contributed by atoms with van der Waals surface area (Å²) in [7, 11) is 0. The minimum absolute atomic E-state index is 0.567. The maximum atomic E-state index is 9.01. The van der Waals surface area contributed by atoms with E-state index in [-0.39, 0.29) is 0 Å². The quantitative estimate of drug-likeness (QED) is 0.424. The molecule has 3 heteroatoms. The summed E-state index contributed by atoms with van der Waals surface area (Å²) in [4.78, 5) is 0. The number of nitrogens with two attached hydrogens (primary N) is 1. The van der Waals surface area contributed by atoms with Crippen LogP contribution in [0, 0.1) is 0 Å². The third-order valence-electron chi connectivity index (χ3n) is 1.19. The van der Waals surface area contributed by atoms with Crippen LogP contribution in [0.25, 0.3) is 0 Å². The molecule has 0 aliphatic heterocycles. The molecule has 0 aromatic carbocycles. The normalized spacial score (nSPS) is 13.5. The summed E-state index contributed by atoms with van der Waals surface area (Å²) in [6.45, 7) is 3.20. The van der Waals surface area contributed by atoms with Gasteiger partial charge in [0.15, 0.2) is 6.29 Å². The predicted octanol–water partition coefficient (Wildman–Crippen LogP) is 0.470. The Balaban J connectivity index is 2.97. The number of rotatable bonds is 6. The summed E-state index contributed by atoms with van der Waals surface area (Å²) >= 11 is 0. The molecule has 0 spiro atoms. The van der Waals surface area contributed by atoms with Crippen molar-refractivity contribution in [2.24, 2.45) is 5.73 Å². The number of hydrogen-bond acceptors (Lipinski definition) is 3. The molecule has 0 fully saturated rings. The Hall–Kier alpha value is -0.120. The zero-order chi connectivity index (χ0) is 7.82. The van der Waals surface area contributed by atoms with Crippen molar-refractivity contribution in [3.63, 3.8) is 0 Å². The van der Waals surface area contributed by atoms with E-state index in [1.165, 1.54) is 0 Å². The Morgan fingerprint density at radius 3 is 2.80 bits per heavy atom. The van der Waals surface area contributed by atoms with Gasteiger partial charge in [-0.2, -0.15) is 0 Å². The molecule has 0 aliphatic rings. The smallest absolute Gasteiger partial charge is 0.154 e. The lowest BCUT2D eigenvalue weighted by atomic mass is 10.3. The first-order chi connectivity index (χ1) is 4.81. The summed E-state index contributed by atoms with van der Waals surface area (Å²) in [6.07, 6.45) is 1.89. The van der Waals surface area contributed by atoms with Gasteiger partial charge in [0, 0.05) is 0 Å². The predicted molar refractivity (Wildman–Crippen MR) is 40.5 cm³/mol. The zero-order valence-corrected chi connectivity index (χ0v) is 6.55. The Kier molecular flexibility index (Phi) is 6.91. The van der Waals surface area contributed by atoms with Crippen molar-refractivity contribution in [1.82, 2.24) is 0 Å². The first kappa shape index (κ1) is 9.88. The fraction of sp³-hybridized carbons (Fsp3) is 1.00. The van der Waals surface area contributed by atoms with Crippen molar-refractivity contribution >= 4 is 0 Å². The van der Waals surface area contributed by atoms with Crippen LogP contribution in [0.3, 0.4) is 0 Å². The van der Waals surface area contributed by atoms with Crippen LogP contribution < -0.4 is 5.73 Å². The molecule has 0 bridgehead atoms. The molecule has 0 saturated heterocycles. The minimum Gasteiger partial charge on any atom is -0.368 e. The van der Waals surface area contributed by atoms with Crippen LogP contribution in [0.2, 0.25) is 0 Å². The number of hydrogen-bond donors (Lipinski definition) is 2. The molecule has 1 unspecified atom stereocenters. The van der Waals surface area contributed by atoms with Gasteiger partial charge in [0.25, 0.3) is 0 Å². The van der Waals surface area contributed by atoms with Crippen LogP contribution in [0.15, 0.2) is 0 Å². The largest absolute Gasteiger partial charge is 0.368 e. The fourth-order valence-electron chi connectivity index (χ4n) is 0.633. The molecule has 3 nitrogen and oxygen atoms in total. The van der Waals surface area contributed by atoms with E-state index in [1.807, 2.05) is 6.92 Å². The van der Waals surface area contributed by atoms with Crippen molar-refractivity contribution in [3.05, 3.63) is 0 Å². The van der Waals surface area contributed by atoms with Gasteiger partial charge in [-0.05, 0) is 19.4 Å². The highest BCUT2D eigenvalue weighted by atomic mass is 16.6. The van der Waals surface area contributed by atoms with Crippen molar-refractivity contribution in [2.75, 3.05) is 13.2 Å². The lowest BCUT2D eigenvalue weighted by molar-refractivity contribution is -0.103. The van der Waals surface area contributed by atoms with E-state index < -0.39 is 6.29 Å². The highest BCUT2D eigenvalue weighted by Gasteiger charge is 1.99. The number of aliphatic hydroxyl groups is 1. The SMILES string of the molecule is CCCC(O)OCCCN. The van der Waals surface area contributed by atoms with Crippen LogP contribution in [0.4, 0.5) is 0 Å². The Bertz CT molecular complexity index is 68.6. The van der Waals surface area contributed by atoms with Crippen LogP contribution in [-0.4, -0.2) is 24.5 Å². The first-order valence-electron chi connectivity index (χ1n) is 3.81. The van der Waals surface area contributed by atoms with Crippen molar-refractivity contribution < 1.29 is 9.84 Å². The molecule has 0 amide bonds. The molecule has 0 aromatic heterocycles. The molecule has 10 heavy (non-hydrogen) atoms. The van der Waals surface area contributed by atoms with Crippen molar-refractivity contribution in [2.45, 2.75) is 32.5 Å². The van der Waals surface area contributed by atoms with Crippen LogP contribution >= 0.6 is 0 Å². The number of ether oxygens (including phenoxy) is 1. The molecule has 0 heterocycles. The Labute approximate surface area is 62.2 Å². The zero-order valence-electron chi connectivity index (χ0n) is 6.55. The van der Waals surface area contributed by atoms with Crippen molar-refractivity contribution in [1.29, 1.82) is 0 Å².